The van der Waals surface area contributed by atoms with Crippen LogP contribution in [-0.4, -0.2) is 49.8 Å². The van der Waals surface area contributed by atoms with Crippen molar-refractivity contribution < 1.29 is 14.3 Å². The van der Waals surface area contributed by atoms with E-state index in [0.717, 1.165) is 37.0 Å². The second-order valence-corrected chi connectivity index (χ2v) is 9.08. The highest BCUT2D eigenvalue weighted by Gasteiger charge is 2.20. The summed E-state index contributed by atoms with van der Waals surface area (Å²) in [4.78, 5) is 16.6. The Labute approximate surface area is 181 Å². The Balaban J connectivity index is 1.87. The number of carbonyl (C=O) groups is 1. The van der Waals surface area contributed by atoms with E-state index >= 15 is 0 Å². The van der Waals surface area contributed by atoms with Crippen LogP contribution in [0.15, 0.2) is 29.3 Å². The van der Waals surface area contributed by atoms with Crippen LogP contribution in [0.1, 0.15) is 53.9 Å². The molecular weight excluding hydrogens is 380 g/mol. The van der Waals surface area contributed by atoms with Gasteiger partial charge in [-0.3, -0.25) is 4.79 Å². The minimum atomic E-state index is -0.279. The van der Waals surface area contributed by atoms with Crippen molar-refractivity contribution in [3.8, 4) is 5.75 Å². The minimum Gasteiger partial charge on any atom is -0.491 e. The van der Waals surface area contributed by atoms with Gasteiger partial charge < -0.3 is 25.4 Å². The lowest BCUT2D eigenvalue weighted by molar-refractivity contribution is -0.121. The Hall–Kier alpha value is -2.28. The zero-order valence-electron chi connectivity index (χ0n) is 19.1. The number of nitrogens with zero attached hydrogens (tertiary/aromatic N) is 1. The van der Waals surface area contributed by atoms with Gasteiger partial charge in [0.1, 0.15) is 12.3 Å². The number of anilines is 1. The summed E-state index contributed by atoms with van der Waals surface area (Å²) in [5.74, 6) is 2.05. The number of aliphatic imine (C=N–C) groups is 1. The van der Waals surface area contributed by atoms with Crippen molar-refractivity contribution >= 4 is 17.6 Å². The Kier molecular flexibility index (Phi) is 9.43. The summed E-state index contributed by atoms with van der Waals surface area (Å²) in [5, 5.41) is 9.47. The van der Waals surface area contributed by atoms with Crippen molar-refractivity contribution in [2.24, 2.45) is 10.9 Å². The topological polar surface area (TPSA) is 84.0 Å². The second-order valence-electron chi connectivity index (χ2n) is 9.08. The van der Waals surface area contributed by atoms with E-state index in [-0.39, 0.29) is 24.1 Å². The third-order valence-corrected chi connectivity index (χ3v) is 4.19. The first-order chi connectivity index (χ1) is 14.2. The standard InChI is InChI=1S/C23H38N4O3/c1-17(2)30-20-11-9-19(10-12-20)26-22(25-15-21(28)27-23(3,4)5)24-13-6-14-29-16-18-7-8-18/h9-12,17-18H,6-8,13-16H2,1-5H3,(H,27,28)(H2,24,25,26). The molecule has 1 amide bonds. The number of hydrogen-bond acceptors (Lipinski definition) is 4. The van der Waals surface area contributed by atoms with E-state index < -0.39 is 0 Å². The van der Waals surface area contributed by atoms with Crippen LogP contribution in [0, 0.1) is 5.92 Å². The van der Waals surface area contributed by atoms with E-state index in [0.29, 0.717) is 12.5 Å². The molecule has 0 bridgehead atoms. The van der Waals surface area contributed by atoms with E-state index in [1.807, 2.05) is 58.9 Å². The van der Waals surface area contributed by atoms with Gasteiger partial charge in [-0.25, -0.2) is 4.99 Å². The zero-order chi connectivity index (χ0) is 22.0. The van der Waals surface area contributed by atoms with Crippen molar-refractivity contribution in [2.45, 2.75) is 65.5 Å². The van der Waals surface area contributed by atoms with Crippen LogP contribution >= 0.6 is 0 Å². The van der Waals surface area contributed by atoms with Gasteiger partial charge in [0.25, 0.3) is 0 Å². The molecule has 0 radical (unpaired) electrons. The predicted octanol–water partition coefficient (Wildman–Crippen LogP) is 3.56. The van der Waals surface area contributed by atoms with Crippen molar-refractivity contribution in [1.82, 2.24) is 10.6 Å². The molecule has 0 spiro atoms. The van der Waals surface area contributed by atoms with Crippen molar-refractivity contribution in [3.05, 3.63) is 24.3 Å². The molecule has 1 saturated carbocycles. The number of nitrogens with one attached hydrogen (secondary N) is 3. The zero-order valence-corrected chi connectivity index (χ0v) is 19.1. The Morgan fingerprint density at radius 2 is 1.90 bits per heavy atom. The van der Waals surface area contributed by atoms with Crippen LogP contribution in [0.4, 0.5) is 5.69 Å². The Morgan fingerprint density at radius 1 is 1.20 bits per heavy atom. The first-order valence-electron chi connectivity index (χ1n) is 10.9. The predicted molar refractivity (Wildman–Crippen MR) is 122 cm³/mol. The van der Waals surface area contributed by atoms with Crippen molar-refractivity contribution in [2.75, 3.05) is 31.6 Å². The van der Waals surface area contributed by atoms with E-state index in [1.165, 1.54) is 12.8 Å². The molecule has 7 heteroatoms. The molecule has 0 unspecified atom stereocenters. The molecule has 1 aromatic carbocycles. The average Bonchev–Trinajstić information content (AvgIpc) is 3.46. The van der Waals surface area contributed by atoms with Gasteiger partial charge in [0, 0.05) is 31.0 Å². The molecule has 1 aromatic rings. The first-order valence-corrected chi connectivity index (χ1v) is 10.9. The molecule has 0 atom stereocenters. The average molecular weight is 419 g/mol. The quantitative estimate of drug-likeness (QED) is 0.291. The molecule has 2 rings (SSSR count). The number of hydrogen-bond donors (Lipinski definition) is 3. The van der Waals surface area contributed by atoms with Gasteiger partial charge in [-0.1, -0.05) is 0 Å². The lowest BCUT2D eigenvalue weighted by atomic mass is 10.1. The molecule has 7 nitrogen and oxygen atoms in total. The minimum absolute atomic E-state index is 0.0549. The maximum Gasteiger partial charge on any atom is 0.242 e. The molecule has 1 aliphatic carbocycles. The monoisotopic (exact) mass is 418 g/mol. The maximum absolute atomic E-state index is 12.1. The third kappa shape index (κ3) is 11.0. The molecular formula is C23H38N4O3. The Morgan fingerprint density at radius 3 is 2.50 bits per heavy atom. The summed E-state index contributed by atoms with van der Waals surface area (Å²) in [6.07, 6.45) is 3.61. The van der Waals surface area contributed by atoms with E-state index in [1.54, 1.807) is 0 Å². The summed E-state index contributed by atoms with van der Waals surface area (Å²) < 4.78 is 11.4. The molecule has 3 N–H and O–H groups in total. The molecule has 1 aliphatic rings. The molecule has 168 valence electrons. The highest BCUT2D eigenvalue weighted by atomic mass is 16.5. The van der Waals surface area contributed by atoms with Gasteiger partial charge in [0.15, 0.2) is 5.96 Å². The van der Waals surface area contributed by atoms with Crippen LogP contribution in [0.2, 0.25) is 0 Å². The lowest BCUT2D eigenvalue weighted by Crippen LogP contribution is -2.42. The van der Waals surface area contributed by atoms with Gasteiger partial charge in [-0.2, -0.15) is 0 Å². The van der Waals surface area contributed by atoms with Crippen LogP contribution in [0.5, 0.6) is 5.75 Å². The van der Waals surface area contributed by atoms with E-state index in [2.05, 4.69) is 20.9 Å². The SMILES string of the molecule is CC(C)Oc1ccc(NC(=NCC(=O)NC(C)(C)C)NCCCOCC2CC2)cc1. The molecule has 1 fully saturated rings. The molecule has 0 aromatic heterocycles. The molecule has 0 heterocycles. The Bertz CT molecular complexity index is 677. The van der Waals surface area contributed by atoms with Crippen LogP contribution < -0.4 is 20.7 Å². The second kappa shape index (κ2) is 11.8. The number of carbonyl (C=O) groups excluding carboxylic acids is 1. The number of ether oxygens (including phenoxy) is 2. The van der Waals surface area contributed by atoms with Gasteiger partial charge in [-0.15, -0.1) is 0 Å². The summed E-state index contributed by atoms with van der Waals surface area (Å²) in [5.41, 5.74) is 0.595. The van der Waals surface area contributed by atoms with Crippen LogP contribution in [-0.2, 0) is 9.53 Å². The fourth-order valence-corrected chi connectivity index (χ4v) is 2.69. The van der Waals surface area contributed by atoms with Gasteiger partial charge in [0.05, 0.1) is 6.10 Å². The lowest BCUT2D eigenvalue weighted by Gasteiger charge is -2.20. The highest BCUT2D eigenvalue weighted by Crippen LogP contribution is 2.28. The molecule has 0 aliphatic heterocycles. The third-order valence-electron chi connectivity index (χ3n) is 4.19. The summed E-state index contributed by atoms with van der Waals surface area (Å²) in [6.45, 7) is 12.2. The van der Waals surface area contributed by atoms with Crippen LogP contribution in [0.25, 0.3) is 0 Å². The van der Waals surface area contributed by atoms with E-state index in [4.69, 9.17) is 9.47 Å². The number of benzene rings is 1. The molecule has 0 saturated heterocycles. The number of rotatable bonds is 11. The van der Waals surface area contributed by atoms with Crippen LogP contribution in [0.3, 0.4) is 0 Å². The maximum atomic E-state index is 12.1. The van der Waals surface area contributed by atoms with Gasteiger partial charge in [0.2, 0.25) is 5.91 Å². The first kappa shape index (κ1) is 24.0. The smallest absolute Gasteiger partial charge is 0.242 e. The van der Waals surface area contributed by atoms with Crippen molar-refractivity contribution in [1.29, 1.82) is 0 Å². The van der Waals surface area contributed by atoms with Crippen molar-refractivity contribution in [3.63, 3.8) is 0 Å². The summed E-state index contributed by atoms with van der Waals surface area (Å²) >= 11 is 0. The fraction of sp³-hybridized carbons (Fsp3) is 0.652. The molecule has 30 heavy (non-hydrogen) atoms. The van der Waals surface area contributed by atoms with Gasteiger partial charge >= 0.3 is 0 Å². The largest absolute Gasteiger partial charge is 0.491 e. The summed E-state index contributed by atoms with van der Waals surface area (Å²) in [7, 11) is 0. The highest BCUT2D eigenvalue weighted by molar-refractivity contribution is 5.95. The van der Waals surface area contributed by atoms with Gasteiger partial charge in [-0.05, 0) is 84.1 Å². The fourth-order valence-electron chi connectivity index (χ4n) is 2.69. The normalized spacial score (nSPS) is 14.5. The summed E-state index contributed by atoms with van der Waals surface area (Å²) in [6, 6.07) is 7.70. The van der Waals surface area contributed by atoms with E-state index in [9.17, 15) is 4.79 Å². The number of amides is 1. The number of guanidine groups is 1.